The van der Waals surface area contributed by atoms with Gasteiger partial charge in [-0.2, -0.15) is 13.2 Å². The fraction of sp³-hybridized carbons (Fsp3) is 0.333. The molecule has 2 aromatic heterocycles. The highest BCUT2D eigenvalue weighted by Crippen LogP contribution is 2.18. The summed E-state index contributed by atoms with van der Waals surface area (Å²) in [5.41, 5.74) is 0.322. The molecule has 10 heteroatoms. The number of rotatable bonds is 5. The Balaban J connectivity index is 2.07. The summed E-state index contributed by atoms with van der Waals surface area (Å²) in [4.78, 5) is 7.42. The maximum absolute atomic E-state index is 12.1. The summed E-state index contributed by atoms with van der Waals surface area (Å²) in [5, 5.41) is -0.0927. The van der Waals surface area contributed by atoms with Crippen molar-refractivity contribution in [1.82, 2.24) is 14.5 Å². The Bertz CT molecular complexity index is 739. The summed E-state index contributed by atoms with van der Waals surface area (Å²) < 4.78 is 66.1. The first-order chi connectivity index (χ1) is 10.2. The van der Waals surface area contributed by atoms with Crippen molar-refractivity contribution < 1.29 is 26.3 Å². The summed E-state index contributed by atoms with van der Waals surface area (Å²) in [6, 6.07) is 2.54. The molecule has 0 N–H and O–H groups in total. The largest absolute Gasteiger partial charge is 0.468 e. The van der Waals surface area contributed by atoms with Crippen molar-refractivity contribution >= 4 is 9.84 Å². The molecule has 0 aromatic carbocycles. The van der Waals surface area contributed by atoms with Gasteiger partial charge in [-0.15, -0.1) is 0 Å². The maximum atomic E-state index is 12.1. The van der Waals surface area contributed by atoms with E-state index in [4.69, 9.17) is 0 Å². The van der Waals surface area contributed by atoms with Crippen molar-refractivity contribution in [1.29, 1.82) is 0 Å². The number of hydrogen-bond donors (Lipinski definition) is 0. The molecule has 0 atom stereocenters. The van der Waals surface area contributed by atoms with Crippen molar-refractivity contribution in [3.05, 3.63) is 36.3 Å². The van der Waals surface area contributed by atoms with Crippen LogP contribution in [-0.2, 0) is 22.6 Å². The van der Waals surface area contributed by atoms with Crippen LogP contribution in [0.5, 0.6) is 5.88 Å². The van der Waals surface area contributed by atoms with E-state index in [1.165, 1.54) is 29.1 Å². The second kappa shape index (κ2) is 5.95. The zero-order chi connectivity index (χ0) is 16.4. The lowest BCUT2D eigenvalue weighted by Crippen LogP contribution is -2.19. The summed E-state index contributed by atoms with van der Waals surface area (Å²) in [5.74, 6) is -0.583. The van der Waals surface area contributed by atoms with Crippen LogP contribution in [0.15, 0.2) is 35.9 Å². The highest BCUT2D eigenvalue weighted by molar-refractivity contribution is 7.90. The van der Waals surface area contributed by atoms with Crippen LogP contribution in [0.1, 0.15) is 5.56 Å². The SMILES string of the molecule is Cn1ccnc1S(=O)(=O)Cc1ccc(OCC(F)(F)F)nc1. The highest BCUT2D eigenvalue weighted by Gasteiger charge is 2.28. The van der Waals surface area contributed by atoms with Crippen molar-refractivity contribution in [3.8, 4) is 5.88 Å². The van der Waals surface area contributed by atoms with Gasteiger partial charge in [0.15, 0.2) is 6.61 Å². The molecule has 0 fully saturated rings. The molecule has 0 aliphatic carbocycles. The summed E-state index contributed by atoms with van der Waals surface area (Å²) in [6.07, 6.45) is -0.438. The van der Waals surface area contributed by atoms with E-state index in [2.05, 4.69) is 14.7 Å². The average Bonchev–Trinajstić information content (AvgIpc) is 2.84. The van der Waals surface area contributed by atoms with Crippen LogP contribution in [0.4, 0.5) is 13.2 Å². The number of pyridine rings is 1. The number of aryl methyl sites for hydroxylation is 1. The van der Waals surface area contributed by atoms with Crippen LogP contribution in [0.2, 0.25) is 0 Å². The third kappa shape index (κ3) is 4.20. The van der Waals surface area contributed by atoms with Crippen molar-refractivity contribution in [2.75, 3.05) is 6.61 Å². The van der Waals surface area contributed by atoms with Crippen molar-refractivity contribution in [2.45, 2.75) is 17.1 Å². The van der Waals surface area contributed by atoms with Crippen LogP contribution in [0.25, 0.3) is 0 Å². The lowest BCUT2D eigenvalue weighted by atomic mass is 10.3. The predicted molar refractivity (Wildman–Crippen MR) is 69.9 cm³/mol. The topological polar surface area (TPSA) is 74.1 Å². The number of aromatic nitrogens is 3. The molecule has 0 saturated carbocycles. The van der Waals surface area contributed by atoms with E-state index in [0.717, 1.165) is 6.20 Å². The average molecular weight is 335 g/mol. The minimum atomic E-state index is -4.46. The van der Waals surface area contributed by atoms with Crippen LogP contribution in [0, 0.1) is 0 Å². The fourth-order valence-electron chi connectivity index (χ4n) is 1.67. The lowest BCUT2D eigenvalue weighted by Gasteiger charge is -2.09. The Labute approximate surface area is 124 Å². The van der Waals surface area contributed by atoms with E-state index in [-0.39, 0.29) is 16.8 Å². The summed E-state index contributed by atoms with van der Waals surface area (Å²) >= 11 is 0. The Morgan fingerprint density at radius 1 is 1.27 bits per heavy atom. The van der Waals surface area contributed by atoms with Crippen LogP contribution in [-0.4, -0.2) is 35.7 Å². The Morgan fingerprint density at radius 3 is 2.50 bits per heavy atom. The van der Waals surface area contributed by atoms with E-state index in [1.54, 1.807) is 7.05 Å². The monoisotopic (exact) mass is 335 g/mol. The minimum absolute atomic E-state index is 0.0927. The molecule has 0 bridgehead atoms. The van der Waals surface area contributed by atoms with Crippen LogP contribution >= 0.6 is 0 Å². The molecule has 0 radical (unpaired) electrons. The first-order valence-electron chi connectivity index (χ1n) is 6.02. The van der Waals surface area contributed by atoms with Gasteiger partial charge in [-0.3, -0.25) is 0 Å². The smallest absolute Gasteiger partial charge is 0.422 e. The highest BCUT2D eigenvalue weighted by atomic mass is 32.2. The molecule has 0 amide bonds. The minimum Gasteiger partial charge on any atom is -0.468 e. The van der Waals surface area contributed by atoms with Gasteiger partial charge < -0.3 is 9.30 Å². The second-order valence-corrected chi connectivity index (χ2v) is 6.37. The van der Waals surface area contributed by atoms with Gasteiger partial charge in [0.05, 0.1) is 5.75 Å². The molecule has 2 heterocycles. The van der Waals surface area contributed by atoms with Crippen molar-refractivity contribution in [2.24, 2.45) is 7.05 Å². The van der Waals surface area contributed by atoms with E-state index < -0.39 is 22.6 Å². The second-order valence-electron chi connectivity index (χ2n) is 4.49. The number of nitrogens with zero attached hydrogens (tertiary/aromatic N) is 3. The molecule has 6 nitrogen and oxygen atoms in total. The normalized spacial score (nSPS) is 12.4. The zero-order valence-corrected chi connectivity index (χ0v) is 12.2. The predicted octanol–water partition coefficient (Wildman–Crippen LogP) is 1.73. The fourth-order valence-corrected chi connectivity index (χ4v) is 3.13. The molecule has 0 spiro atoms. The van der Waals surface area contributed by atoms with Gasteiger partial charge in [-0.25, -0.2) is 18.4 Å². The summed E-state index contributed by atoms with van der Waals surface area (Å²) in [6.45, 7) is -1.45. The first-order valence-corrected chi connectivity index (χ1v) is 7.67. The number of halogens is 3. The standard InChI is InChI=1S/C12H12F3N3O3S/c1-18-5-4-16-11(18)22(19,20)7-9-2-3-10(17-6-9)21-8-12(13,14)15/h2-6H,7-8H2,1H3. The molecule has 2 rings (SSSR count). The Morgan fingerprint density at radius 2 is 2.00 bits per heavy atom. The molecule has 2 aromatic rings. The van der Waals surface area contributed by atoms with E-state index in [0.29, 0.717) is 5.56 Å². The molecular weight excluding hydrogens is 323 g/mol. The molecule has 0 saturated heterocycles. The number of sulfone groups is 1. The van der Waals surface area contributed by atoms with Gasteiger partial charge in [0, 0.05) is 31.7 Å². The van der Waals surface area contributed by atoms with Gasteiger partial charge in [0.25, 0.3) is 0 Å². The van der Waals surface area contributed by atoms with Gasteiger partial charge in [0.2, 0.25) is 20.9 Å². The molecular formula is C12H12F3N3O3S. The number of ether oxygens (including phenoxy) is 1. The number of hydrogen-bond acceptors (Lipinski definition) is 5. The van der Waals surface area contributed by atoms with Gasteiger partial charge >= 0.3 is 6.18 Å². The molecule has 0 aliphatic rings. The molecule has 22 heavy (non-hydrogen) atoms. The third-order valence-electron chi connectivity index (χ3n) is 2.59. The Kier molecular flexibility index (Phi) is 4.40. The van der Waals surface area contributed by atoms with Gasteiger partial charge in [-0.1, -0.05) is 6.07 Å². The van der Waals surface area contributed by atoms with Crippen molar-refractivity contribution in [3.63, 3.8) is 0 Å². The van der Waals surface area contributed by atoms with Crippen LogP contribution in [0.3, 0.4) is 0 Å². The third-order valence-corrected chi connectivity index (χ3v) is 4.26. The first kappa shape index (κ1) is 16.3. The van der Waals surface area contributed by atoms with E-state index in [1.807, 2.05) is 0 Å². The van der Waals surface area contributed by atoms with E-state index in [9.17, 15) is 21.6 Å². The number of alkyl halides is 3. The molecule has 0 unspecified atom stereocenters. The Hall–Kier alpha value is -2.10. The molecule has 120 valence electrons. The van der Waals surface area contributed by atoms with Gasteiger partial charge in [0.1, 0.15) is 0 Å². The molecule has 0 aliphatic heterocycles. The summed E-state index contributed by atoms with van der Waals surface area (Å²) in [7, 11) is -2.11. The number of imidazole rings is 1. The zero-order valence-electron chi connectivity index (χ0n) is 11.4. The quantitative estimate of drug-likeness (QED) is 0.832. The van der Waals surface area contributed by atoms with E-state index >= 15 is 0 Å². The van der Waals surface area contributed by atoms with Crippen LogP contribution < -0.4 is 4.74 Å². The lowest BCUT2D eigenvalue weighted by molar-refractivity contribution is -0.154. The van der Waals surface area contributed by atoms with Gasteiger partial charge in [-0.05, 0) is 5.56 Å². The maximum Gasteiger partial charge on any atom is 0.422 e.